The normalized spacial score (nSPS) is 10.4. The van der Waals surface area contributed by atoms with E-state index in [1.807, 2.05) is 6.92 Å². The monoisotopic (exact) mass is 219 g/mol. The van der Waals surface area contributed by atoms with E-state index in [1.165, 1.54) is 12.1 Å². The molecule has 0 aliphatic heterocycles. The van der Waals surface area contributed by atoms with Crippen LogP contribution in [0.4, 0.5) is 4.39 Å². The van der Waals surface area contributed by atoms with Crippen molar-refractivity contribution in [1.29, 1.82) is 0 Å². The van der Waals surface area contributed by atoms with Gasteiger partial charge < -0.3 is 0 Å². The molecule has 82 valence electrons. The lowest BCUT2D eigenvalue weighted by Gasteiger charge is -2.03. The maximum Gasteiger partial charge on any atom is 0.172 e. The Hall–Kier alpha value is -2.04. The van der Waals surface area contributed by atoms with Crippen molar-refractivity contribution in [2.45, 2.75) is 13.5 Å². The van der Waals surface area contributed by atoms with Crippen LogP contribution in [-0.4, -0.2) is 21.3 Å². The summed E-state index contributed by atoms with van der Waals surface area (Å²) in [5.41, 5.74) is 1.63. The second kappa shape index (κ2) is 4.22. The van der Waals surface area contributed by atoms with Gasteiger partial charge in [-0.05, 0) is 31.2 Å². The van der Waals surface area contributed by atoms with Crippen LogP contribution in [0, 0.1) is 5.82 Å². The van der Waals surface area contributed by atoms with Gasteiger partial charge in [0.25, 0.3) is 0 Å². The van der Waals surface area contributed by atoms with E-state index in [0.29, 0.717) is 18.5 Å². The van der Waals surface area contributed by atoms with Crippen LogP contribution in [0.3, 0.4) is 0 Å². The van der Waals surface area contributed by atoms with Crippen LogP contribution in [0.1, 0.15) is 17.4 Å². The third-order valence-electron chi connectivity index (χ3n) is 2.29. The van der Waals surface area contributed by atoms with E-state index in [9.17, 15) is 9.18 Å². The van der Waals surface area contributed by atoms with Gasteiger partial charge in [0.05, 0.1) is 5.69 Å². The van der Waals surface area contributed by atoms with Gasteiger partial charge in [0, 0.05) is 12.1 Å². The summed E-state index contributed by atoms with van der Waals surface area (Å²) in [6.45, 7) is 2.50. The Balaban J connectivity index is 2.57. The lowest BCUT2D eigenvalue weighted by Crippen LogP contribution is -2.00. The average molecular weight is 219 g/mol. The number of hydrogen-bond acceptors (Lipinski definition) is 3. The minimum atomic E-state index is -0.313. The van der Waals surface area contributed by atoms with Gasteiger partial charge >= 0.3 is 0 Å². The van der Waals surface area contributed by atoms with Gasteiger partial charge in [0.15, 0.2) is 12.0 Å². The topological polar surface area (TPSA) is 47.8 Å². The fraction of sp³-hybridized carbons (Fsp3) is 0.182. The molecule has 0 radical (unpaired) electrons. The van der Waals surface area contributed by atoms with Crippen molar-refractivity contribution in [3.05, 3.63) is 35.8 Å². The zero-order valence-electron chi connectivity index (χ0n) is 8.72. The Morgan fingerprint density at radius 2 is 2.06 bits per heavy atom. The molecule has 2 aromatic rings. The Bertz CT molecular complexity index is 504. The zero-order chi connectivity index (χ0) is 11.5. The van der Waals surface area contributed by atoms with Gasteiger partial charge in [-0.1, -0.05) is 5.21 Å². The third kappa shape index (κ3) is 1.71. The Kier molecular flexibility index (Phi) is 2.76. The number of nitrogens with zero attached hydrogens (tertiary/aromatic N) is 3. The van der Waals surface area contributed by atoms with Crippen molar-refractivity contribution in [2.75, 3.05) is 0 Å². The summed E-state index contributed by atoms with van der Waals surface area (Å²) in [4.78, 5) is 10.8. The average Bonchev–Trinajstić information content (AvgIpc) is 2.73. The second-order valence-electron chi connectivity index (χ2n) is 3.26. The molecule has 0 atom stereocenters. The van der Waals surface area contributed by atoms with Crippen molar-refractivity contribution in [3.63, 3.8) is 0 Å². The van der Waals surface area contributed by atoms with Crippen molar-refractivity contribution in [3.8, 4) is 11.3 Å². The molecular weight excluding hydrogens is 209 g/mol. The Labute approximate surface area is 91.7 Å². The molecule has 1 heterocycles. The fourth-order valence-corrected chi connectivity index (χ4v) is 1.53. The first-order valence-electron chi connectivity index (χ1n) is 4.91. The smallest absolute Gasteiger partial charge is 0.172 e. The molecule has 1 aromatic carbocycles. The minimum absolute atomic E-state index is 0.272. The first-order chi connectivity index (χ1) is 7.76. The van der Waals surface area contributed by atoms with Crippen LogP contribution in [-0.2, 0) is 6.54 Å². The van der Waals surface area contributed by atoms with Gasteiger partial charge in [-0.25, -0.2) is 9.07 Å². The number of aldehydes is 1. The van der Waals surface area contributed by atoms with Gasteiger partial charge in [-0.15, -0.1) is 5.10 Å². The number of halogens is 1. The van der Waals surface area contributed by atoms with Crippen molar-refractivity contribution >= 4 is 6.29 Å². The molecule has 0 saturated carbocycles. The molecular formula is C11H10FN3O. The number of hydrogen-bond donors (Lipinski definition) is 0. The summed E-state index contributed by atoms with van der Waals surface area (Å²) < 4.78 is 14.4. The van der Waals surface area contributed by atoms with E-state index < -0.39 is 0 Å². The molecule has 0 saturated heterocycles. The SMILES string of the molecule is CCn1nnc(C=O)c1-c1ccc(F)cc1. The quantitative estimate of drug-likeness (QED) is 0.741. The van der Waals surface area contributed by atoms with Crippen LogP contribution >= 0.6 is 0 Å². The summed E-state index contributed by atoms with van der Waals surface area (Å²) in [7, 11) is 0. The number of aromatic nitrogens is 3. The van der Waals surface area contributed by atoms with Crippen molar-refractivity contribution < 1.29 is 9.18 Å². The second-order valence-corrected chi connectivity index (χ2v) is 3.26. The number of carbonyl (C=O) groups is 1. The molecule has 1 aromatic heterocycles. The molecule has 0 aliphatic rings. The number of rotatable bonds is 3. The number of benzene rings is 1. The number of aryl methyl sites for hydroxylation is 1. The summed E-state index contributed by atoms with van der Waals surface area (Å²) in [5, 5.41) is 7.60. The summed E-state index contributed by atoms with van der Waals surface area (Å²) >= 11 is 0. The van der Waals surface area contributed by atoms with Crippen molar-refractivity contribution in [1.82, 2.24) is 15.0 Å². The summed E-state index contributed by atoms with van der Waals surface area (Å²) in [5.74, 6) is -0.313. The maximum absolute atomic E-state index is 12.8. The predicted octanol–water partition coefficient (Wildman–Crippen LogP) is 1.92. The molecule has 0 unspecified atom stereocenters. The molecule has 4 nitrogen and oxygen atoms in total. The maximum atomic E-state index is 12.8. The molecule has 0 bridgehead atoms. The van der Waals surface area contributed by atoms with Gasteiger partial charge in [-0.2, -0.15) is 0 Å². The summed E-state index contributed by atoms with van der Waals surface area (Å²) in [6.07, 6.45) is 0.651. The lowest BCUT2D eigenvalue weighted by molar-refractivity contribution is 0.111. The molecule has 2 rings (SSSR count). The van der Waals surface area contributed by atoms with Crippen LogP contribution in [0.5, 0.6) is 0 Å². The van der Waals surface area contributed by atoms with E-state index in [1.54, 1.807) is 16.8 Å². The molecule has 0 N–H and O–H groups in total. The van der Waals surface area contributed by atoms with Crippen LogP contribution < -0.4 is 0 Å². The minimum Gasteiger partial charge on any atom is -0.296 e. The lowest BCUT2D eigenvalue weighted by atomic mass is 10.1. The molecule has 0 amide bonds. The molecule has 0 spiro atoms. The van der Waals surface area contributed by atoms with Gasteiger partial charge in [0.2, 0.25) is 0 Å². The highest BCUT2D eigenvalue weighted by molar-refractivity contribution is 5.83. The van der Waals surface area contributed by atoms with Crippen LogP contribution in [0.15, 0.2) is 24.3 Å². The highest BCUT2D eigenvalue weighted by atomic mass is 19.1. The first-order valence-corrected chi connectivity index (χ1v) is 4.91. The van der Waals surface area contributed by atoms with Crippen LogP contribution in [0.2, 0.25) is 0 Å². The molecule has 5 heteroatoms. The van der Waals surface area contributed by atoms with E-state index >= 15 is 0 Å². The largest absolute Gasteiger partial charge is 0.296 e. The standard InChI is InChI=1S/C11H10FN3O/c1-2-15-11(10(7-16)13-14-15)8-3-5-9(12)6-4-8/h3-7H,2H2,1H3. The third-order valence-corrected chi connectivity index (χ3v) is 2.29. The van der Waals surface area contributed by atoms with E-state index in [4.69, 9.17) is 0 Å². The predicted molar refractivity (Wildman–Crippen MR) is 56.5 cm³/mol. The van der Waals surface area contributed by atoms with Gasteiger partial charge in [-0.3, -0.25) is 4.79 Å². The van der Waals surface area contributed by atoms with Crippen molar-refractivity contribution in [2.24, 2.45) is 0 Å². The molecule has 16 heavy (non-hydrogen) atoms. The highest BCUT2D eigenvalue weighted by Gasteiger charge is 2.13. The van der Waals surface area contributed by atoms with E-state index in [-0.39, 0.29) is 11.5 Å². The summed E-state index contributed by atoms with van der Waals surface area (Å²) in [6, 6.07) is 5.90. The molecule has 0 aliphatic carbocycles. The number of carbonyl (C=O) groups excluding carboxylic acids is 1. The fourth-order valence-electron chi connectivity index (χ4n) is 1.53. The Morgan fingerprint density at radius 1 is 1.38 bits per heavy atom. The first kappa shape index (κ1) is 10.5. The molecule has 0 fully saturated rings. The zero-order valence-corrected chi connectivity index (χ0v) is 8.72. The van der Waals surface area contributed by atoms with Crippen LogP contribution in [0.25, 0.3) is 11.3 Å². The Morgan fingerprint density at radius 3 is 2.62 bits per heavy atom. The highest BCUT2D eigenvalue weighted by Crippen LogP contribution is 2.21. The van der Waals surface area contributed by atoms with Gasteiger partial charge in [0.1, 0.15) is 5.82 Å². The van der Waals surface area contributed by atoms with E-state index in [2.05, 4.69) is 10.3 Å². The van der Waals surface area contributed by atoms with E-state index in [0.717, 1.165) is 5.56 Å².